The Labute approximate surface area is 727 Å². The number of ether oxygens (including phenoxy) is 6. The summed E-state index contributed by atoms with van der Waals surface area (Å²) in [6.07, 6.45) is -3.67. The van der Waals surface area contributed by atoms with Crippen molar-refractivity contribution < 1.29 is 105 Å². The number of carboxylic acids is 1. The lowest BCUT2D eigenvalue weighted by Crippen LogP contribution is -2.61. The van der Waals surface area contributed by atoms with Crippen LogP contribution in [0.4, 0.5) is 14.4 Å². The second-order valence-electron chi connectivity index (χ2n) is 36.5. The minimum Gasteiger partial charge on any atom is -0.480 e. The van der Waals surface area contributed by atoms with Crippen LogP contribution in [0.15, 0.2) is 109 Å². The maximum atomic E-state index is 15.3. The minimum atomic E-state index is -1.92. The Kier molecular flexibility index (Phi) is 34.0. The second-order valence-corrected chi connectivity index (χ2v) is 36.9. The number of aliphatic carboxylic acids is 1. The number of nitrogens with one attached hydrogen (secondary N) is 9. The first-order chi connectivity index (χ1) is 57.7. The Morgan fingerprint density at radius 1 is 0.403 bits per heavy atom. The fourth-order valence-corrected chi connectivity index (χ4v) is 13.9. The van der Waals surface area contributed by atoms with Gasteiger partial charge < -0.3 is 81.4 Å². The molecule has 6 aromatic rings. The van der Waals surface area contributed by atoms with Gasteiger partial charge >= 0.3 is 42.2 Å². The highest BCUT2D eigenvalue weighted by molar-refractivity contribution is 7.80. The molecule has 0 saturated heterocycles. The van der Waals surface area contributed by atoms with Crippen LogP contribution in [-0.4, -0.2) is 198 Å². The van der Waals surface area contributed by atoms with Crippen molar-refractivity contribution in [3.05, 3.63) is 132 Å². The van der Waals surface area contributed by atoms with E-state index in [-0.39, 0.29) is 30.8 Å². The zero-order valence-corrected chi connectivity index (χ0v) is 75.1. The number of aromatic nitrogens is 2. The van der Waals surface area contributed by atoms with Crippen molar-refractivity contribution in [2.75, 3.05) is 12.4 Å². The predicted molar refractivity (Wildman–Crippen MR) is 464 cm³/mol. The van der Waals surface area contributed by atoms with Crippen LogP contribution in [0.25, 0.3) is 32.9 Å². The Balaban J connectivity index is 1.20. The number of amides is 9. The quantitative estimate of drug-likeness (QED) is 0.00990. The summed E-state index contributed by atoms with van der Waals surface area (Å²) in [7, 11) is 0. The van der Waals surface area contributed by atoms with Crippen LogP contribution >= 0.6 is 12.6 Å². The zero-order valence-electron chi connectivity index (χ0n) is 74.3. The SMILES string of the molecule is CC(C)C[C@H](NC(=O)[C@H](C)NC(=O)[C@H](CCC(=O)OC(C)(C)C)NC(=O)[C@H](CCC(=O)OC(C)(C)C)NC(=O)[C@H](Cc1cn(C(=O)OC(C)(C)C)c2ccccc12)NC(=O)OCC1c2ccccc2-c2ccccc21)C(=O)N[C@@H](CC(=O)OC(C)(C)C)C(=O)N[C@@H](Cc1cn(C(=O)OC(C)(C)C)c2ccccc12)C(=O)N[C@H](C(=O)N[C@@H](CS)C(=O)O)C(C)C. The molecule has 0 aliphatic heterocycles. The molecule has 124 heavy (non-hydrogen) atoms. The zero-order chi connectivity index (χ0) is 92.4. The Hall–Kier alpha value is -11.8. The number of carboxylic acid groups (broad SMARTS) is 1. The Morgan fingerprint density at radius 3 is 1.20 bits per heavy atom. The number of benzene rings is 4. The topological polar surface area (TPSA) is 450 Å². The summed E-state index contributed by atoms with van der Waals surface area (Å²) in [5, 5.41) is 34.0. The average molecular weight is 1740 g/mol. The van der Waals surface area contributed by atoms with Crippen molar-refractivity contribution in [1.82, 2.24) is 57.0 Å². The molecule has 7 rings (SSSR count). The number of rotatable bonds is 36. The van der Waals surface area contributed by atoms with Gasteiger partial charge in [0.15, 0.2) is 0 Å². The van der Waals surface area contributed by atoms with E-state index >= 15 is 19.2 Å². The number of thiol groups is 1. The van der Waals surface area contributed by atoms with Crippen molar-refractivity contribution in [3.8, 4) is 11.1 Å². The van der Waals surface area contributed by atoms with E-state index in [1.54, 1.807) is 180 Å². The summed E-state index contributed by atoms with van der Waals surface area (Å²) in [6.45, 7) is 32.0. The van der Waals surface area contributed by atoms with E-state index in [1.807, 2.05) is 48.5 Å². The number of alkyl carbamates (subject to hydrolysis) is 1. The number of esters is 3. The summed E-state index contributed by atoms with van der Waals surface area (Å²) >= 11 is 4.06. The second kappa shape index (κ2) is 42.5. The van der Waals surface area contributed by atoms with Crippen molar-refractivity contribution in [2.45, 2.75) is 278 Å². The molecule has 0 unspecified atom stereocenters. The maximum Gasteiger partial charge on any atom is 0.419 e. The van der Waals surface area contributed by atoms with E-state index in [9.17, 15) is 57.8 Å². The largest absolute Gasteiger partial charge is 0.480 e. The molecule has 1 aliphatic carbocycles. The highest BCUT2D eigenvalue weighted by Crippen LogP contribution is 2.45. The molecule has 9 atom stereocenters. The summed E-state index contributed by atoms with van der Waals surface area (Å²) in [5.74, 6) is -14.3. The molecule has 674 valence electrons. The lowest BCUT2D eigenvalue weighted by atomic mass is 9.98. The molecule has 0 radical (unpaired) electrons. The number of nitrogens with zero attached hydrogens (tertiary/aromatic N) is 2. The summed E-state index contributed by atoms with van der Waals surface area (Å²) in [4.78, 5) is 214. The van der Waals surface area contributed by atoms with Crippen molar-refractivity contribution in [1.29, 1.82) is 0 Å². The summed E-state index contributed by atoms with van der Waals surface area (Å²) in [5.41, 5.74) is -0.0767. The number of hydrogen-bond donors (Lipinski definition) is 11. The van der Waals surface area contributed by atoms with E-state index in [4.69, 9.17) is 28.4 Å². The first-order valence-electron chi connectivity index (χ1n) is 41.4. The first kappa shape index (κ1) is 99.3. The Bertz CT molecular complexity index is 4870. The maximum absolute atomic E-state index is 15.3. The monoisotopic (exact) mass is 1740 g/mol. The van der Waals surface area contributed by atoms with Crippen LogP contribution in [0.3, 0.4) is 0 Å². The van der Waals surface area contributed by atoms with Gasteiger partial charge in [-0.3, -0.25) is 61.9 Å². The van der Waals surface area contributed by atoms with Crippen molar-refractivity contribution >= 4 is 124 Å². The summed E-state index contributed by atoms with van der Waals surface area (Å²) in [6, 6.07) is 13.7. The molecular weight excluding hydrogens is 1620 g/mol. The van der Waals surface area contributed by atoms with E-state index in [0.717, 1.165) is 22.3 Å². The van der Waals surface area contributed by atoms with Gasteiger partial charge in [0.1, 0.15) is 89.0 Å². The fraction of sp³-hybridized carbons (Fsp3) is 0.522. The molecule has 1 aliphatic rings. The van der Waals surface area contributed by atoms with E-state index in [2.05, 4.69) is 60.5 Å². The van der Waals surface area contributed by atoms with Gasteiger partial charge in [0, 0.05) is 60.5 Å². The molecule has 0 bridgehead atoms. The molecule has 2 heterocycles. The molecule has 2 aromatic heterocycles. The van der Waals surface area contributed by atoms with Gasteiger partial charge in [-0.05, 0) is 187 Å². The normalized spacial score (nSPS) is 14.5. The number of hydrogen-bond acceptors (Lipinski definition) is 22. The molecule has 4 aromatic carbocycles. The third kappa shape index (κ3) is 29.7. The molecule has 34 heteroatoms. The molecule has 0 saturated carbocycles. The van der Waals surface area contributed by atoms with Crippen molar-refractivity contribution in [3.63, 3.8) is 0 Å². The minimum absolute atomic E-state index is 0.164. The van der Waals surface area contributed by atoms with Crippen molar-refractivity contribution in [2.24, 2.45) is 11.8 Å². The van der Waals surface area contributed by atoms with Crippen LogP contribution in [0.1, 0.15) is 205 Å². The number of carbonyl (C=O) groups is 15. The van der Waals surface area contributed by atoms with Gasteiger partial charge in [0.2, 0.25) is 47.3 Å². The van der Waals surface area contributed by atoms with E-state index < -0.39 is 228 Å². The lowest BCUT2D eigenvalue weighted by molar-refractivity contribution is -0.157. The van der Waals surface area contributed by atoms with Crippen LogP contribution in [-0.2, 0) is 98.8 Å². The highest BCUT2D eigenvalue weighted by Gasteiger charge is 2.40. The molecule has 10 N–H and O–H groups in total. The molecule has 0 spiro atoms. The van der Waals surface area contributed by atoms with Crippen LogP contribution in [0.5, 0.6) is 0 Å². The smallest absolute Gasteiger partial charge is 0.419 e. The summed E-state index contributed by atoms with van der Waals surface area (Å²) < 4.78 is 36.7. The molecule has 0 fully saturated rings. The van der Waals surface area contributed by atoms with Crippen LogP contribution in [0, 0.1) is 11.8 Å². The number of carbonyl (C=O) groups excluding carboxylic acids is 14. The average Bonchev–Trinajstić information content (AvgIpc) is 1.63. The third-order valence-corrected chi connectivity index (χ3v) is 19.5. The molecule has 9 amide bonds. The Morgan fingerprint density at radius 2 is 0.766 bits per heavy atom. The van der Waals surface area contributed by atoms with E-state index in [1.165, 1.54) is 28.5 Å². The van der Waals surface area contributed by atoms with Gasteiger partial charge in [-0.15, -0.1) is 0 Å². The van der Waals surface area contributed by atoms with Crippen LogP contribution < -0.4 is 47.9 Å². The van der Waals surface area contributed by atoms with Gasteiger partial charge in [0.25, 0.3) is 0 Å². The number of para-hydroxylation sites is 2. The van der Waals surface area contributed by atoms with Gasteiger partial charge in [-0.25, -0.2) is 19.2 Å². The predicted octanol–water partition coefficient (Wildman–Crippen LogP) is 9.45. The highest BCUT2D eigenvalue weighted by atomic mass is 32.1. The molecule has 33 nitrogen and oxygen atoms in total. The van der Waals surface area contributed by atoms with Crippen LogP contribution in [0.2, 0.25) is 0 Å². The van der Waals surface area contributed by atoms with Gasteiger partial charge in [-0.1, -0.05) is 113 Å². The lowest BCUT2D eigenvalue weighted by Gasteiger charge is -2.29. The first-order valence-corrected chi connectivity index (χ1v) is 42.0. The fourth-order valence-electron chi connectivity index (χ4n) is 13.7. The third-order valence-electron chi connectivity index (χ3n) is 19.1. The van der Waals surface area contributed by atoms with Gasteiger partial charge in [0.05, 0.1) is 17.5 Å². The number of fused-ring (bicyclic) bond motifs is 5. The van der Waals surface area contributed by atoms with E-state index in [0.29, 0.717) is 27.4 Å². The van der Waals surface area contributed by atoms with Gasteiger partial charge in [-0.2, -0.15) is 12.6 Å². The standard InChI is InChI=1S/C90H121N11O22S/c1-49(2)41-63(77(108)96-66(44-72(104)121-88(12,13)14)79(110)95-64(80(111)99-73(50(3)4)81(112)97-67(48-124)82(113)114)42-52-45-100(84(116)122-89(15,16)17)68-35-27-25-29-54(52)68)94-74(105)51(5)91-75(106)61(37-39-70(102)119-86(6,7)8)92-76(107)62(38-40-71(103)120-87(9,10)11)93-78(109)65(43-53-46-101(85(117)123-90(18,19)20)69-36-28-26-30-55(53)69)98-83(115)118-47-60-58-33-23-21-31-56(58)57-32-22-24-34-59(57)60/h21-36,45-46,49-51,60-67,73,124H,37-44,47-48H2,1-20H3,(H,91,106)(H,92,107)(H,93,109)(H,94,105)(H,95,110)(H,96,108)(H,97,112)(H,98,115)(H,99,111)(H,113,114)/t51-,61-,62-,63-,64-,65-,66-,67-,73-/m0/s1. The molecular formula is C90H121N11O22S.